The molecule has 1 amide bonds. The van der Waals surface area contributed by atoms with E-state index in [1.54, 1.807) is 24.3 Å². The van der Waals surface area contributed by atoms with Crippen LogP contribution in [0.1, 0.15) is 21.5 Å². The molecule has 0 fully saturated rings. The number of benzene rings is 2. The Morgan fingerprint density at radius 3 is 1.91 bits per heavy atom. The second-order valence-electron chi connectivity index (χ2n) is 4.54. The van der Waals surface area contributed by atoms with Crippen molar-refractivity contribution in [3.63, 3.8) is 0 Å². The lowest BCUT2D eigenvalue weighted by atomic mass is 10.1. The van der Waals surface area contributed by atoms with E-state index in [1.807, 2.05) is 42.5 Å². The van der Waals surface area contributed by atoms with Crippen LogP contribution in [0, 0.1) is 0 Å². The molecule has 0 saturated carbocycles. The number of ketones is 1. The van der Waals surface area contributed by atoms with E-state index < -0.39 is 5.91 Å². The molecule has 2 N–H and O–H groups in total. The summed E-state index contributed by atoms with van der Waals surface area (Å²) >= 11 is 0. The standard InChI is InChI=1S/C18H15NO3/c20-17(16-4-2-1-3-5-16)12-10-14-6-8-15(9-7-14)11-13-18(21)19-22/h1-13,22H,(H,19,21)/b12-10+,13-11+. The number of nitrogens with one attached hydrogen (secondary N) is 1. The molecule has 0 bridgehead atoms. The molecule has 0 spiro atoms. The zero-order valence-electron chi connectivity index (χ0n) is 11.8. The molecule has 0 aliphatic rings. The van der Waals surface area contributed by atoms with Gasteiger partial charge in [0.2, 0.25) is 0 Å². The fourth-order valence-electron chi connectivity index (χ4n) is 1.80. The van der Waals surface area contributed by atoms with Gasteiger partial charge in [0.05, 0.1) is 0 Å². The highest BCUT2D eigenvalue weighted by atomic mass is 16.5. The molecule has 0 aromatic heterocycles. The van der Waals surface area contributed by atoms with Gasteiger partial charge in [-0.25, -0.2) is 5.48 Å². The summed E-state index contributed by atoms with van der Waals surface area (Å²) in [5.41, 5.74) is 3.86. The summed E-state index contributed by atoms with van der Waals surface area (Å²) in [6.07, 6.45) is 6.07. The summed E-state index contributed by atoms with van der Waals surface area (Å²) < 4.78 is 0. The summed E-state index contributed by atoms with van der Waals surface area (Å²) in [4.78, 5) is 22.8. The number of hydrogen-bond donors (Lipinski definition) is 2. The van der Waals surface area contributed by atoms with Crippen molar-refractivity contribution in [1.29, 1.82) is 0 Å². The highest BCUT2D eigenvalue weighted by Gasteiger charge is 1.99. The molecule has 0 unspecified atom stereocenters. The zero-order chi connectivity index (χ0) is 15.8. The molecule has 4 nitrogen and oxygen atoms in total. The Morgan fingerprint density at radius 1 is 0.818 bits per heavy atom. The molecule has 0 radical (unpaired) electrons. The van der Waals surface area contributed by atoms with Gasteiger partial charge in [0.1, 0.15) is 0 Å². The fourth-order valence-corrected chi connectivity index (χ4v) is 1.80. The molecule has 0 atom stereocenters. The Morgan fingerprint density at radius 2 is 1.36 bits per heavy atom. The largest absolute Gasteiger partial charge is 0.289 e. The number of hydroxylamine groups is 1. The molecule has 0 heterocycles. The summed E-state index contributed by atoms with van der Waals surface area (Å²) in [5, 5.41) is 8.38. The van der Waals surface area contributed by atoms with Gasteiger partial charge < -0.3 is 0 Å². The van der Waals surface area contributed by atoms with E-state index in [9.17, 15) is 9.59 Å². The van der Waals surface area contributed by atoms with Crippen LogP contribution in [-0.4, -0.2) is 16.9 Å². The average molecular weight is 293 g/mol. The molecule has 2 aromatic rings. The molecule has 22 heavy (non-hydrogen) atoms. The van der Waals surface area contributed by atoms with Gasteiger partial charge in [0, 0.05) is 11.6 Å². The number of rotatable bonds is 5. The maximum Gasteiger partial charge on any atom is 0.267 e. The highest BCUT2D eigenvalue weighted by Crippen LogP contribution is 2.09. The molecule has 2 rings (SSSR count). The molecule has 0 saturated heterocycles. The number of allylic oxidation sites excluding steroid dienone is 1. The molecular weight excluding hydrogens is 278 g/mol. The van der Waals surface area contributed by atoms with Crippen molar-refractivity contribution in [2.75, 3.05) is 0 Å². The van der Waals surface area contributed by atoms with Gasteiger partial charge >= 0.3 is 0 Å². The van der Waals surface area contributed by atoms with Gasteiger partial charge in [-0.2, -0.15) is 0 Å². The van der Waals surface area contributed by atoms with E-state index in [2.05, 4.69) is 0 Å². The third-order valence-electron chi connectivity index (χ3n) is 2.96. The van der Waals surface area contributed by atoms with E-state index >= 15 is 0 Å². The van der Waals surface area contributed by atoms with Crippen molar-refractivity contribution >= 4 is 23.8 Å². The van der Waals surface area contributed by atoms with Crippen LogP contribution >= 0.6 is 0 Å². The van der Waals surface area contributed by atoms with Gasteiger partial charge in [0.25, 0.3) is 5.91 Å². The van der Waals surface area contributed by atoms with Crippen molar-refractivity contribution in [3.05, 3.63) is 83.4 Å². The van der Waals surface area contributed by atoms with Crippen molar-refractivity contribution in [1.82, 2.24) is 5.48 Å². The van der Waals surface area contributed by atoms with Crippen LogP contribution < -0.4 is 5.48 Å². The predicted octanol–water partition coefficient (Wildman–Crippen LogP) is 3.10. The fraction of sp³-hybridized carbons (Fsp3) is 0. The first-order chi connectivity index (χ1) is 10.7. The minimum absolute atomic E-state index is 0.0517. The summed E-state index contributed by atoms with van der Waals surface area (Å²) in [6.45, 7) is 0. The summed E-state index contributed by atoms with van der Waals surface area (Å²) in [5.74, 6) is -0.637. The molecular formula is C18H15NO3. The van der Waals surface area contributed by atoms with Gasteiger partial charge in [-0.15, -0.1) is 0 Å². The topological polar surface area (TPSA) is 66.4 Å². The molecule has 4 heteroatoms. The second kappa shape index (κ2) is 7.71. The number of carbonyl (C=O) groups is 2. The maximum absolute atomic E-state index is 11.9. The van der Waals surface area contributed by atoms with Crippen molar-refractivity contribution < 1.29 is 14.8 Å². The van der Waals surface area contributed by atoms with Crippen LogP contribution in [0.4, 0.5) is 0 Å². The van der Waals surface area contributed by atoms with Crippen LogP contribution in [0.2, 0.25) is 0 Å². The Hall–Kier alpha value is -2.98. The minimum atomic E-state index is -0.586. The monoisotopic (exact) mass is 293 g/mol. The van der Waals surface area contributed by atoms with E-state index in [4.69, 9.17) is 5.21 Å². The lowest BCUT2D eigenvalue weighted by molar-refractivity contribution is -0.124. The minimum Gasteiger partial charge on any atom is -0.289 e. The first-order valence-electron chi connectivity index (χ1n) is 6.69. The lowest BCUT2D eigenvalue weighted by Crippen LogP contribution is -2.14. The summed E-state index contributed by atoms with van der Waals surface area (Å²) in [7, 11) is 0. The van der Waals surface area contributed by atoms with Crippen molar-refractivity contribution in [2.24, 2.45) is 0 Å². The Bertz CT molecular complexity index is 701. The SMILES string of the molecule is O=C(/C=C/c1ccc(/C=C/C(=O)c2ccccc2)cc1)NO. The molecule has 0 aliphatic carbocycles. The molecule has 110 valence electrons. The van der Waals surface area contributed by atoms with Crippen LogP contribution in [-0.2, 0) is 4.79 Å². The van der Waals surface area contributed by atoms with Gasteiger partial charge in [0.15, 0.2) is 5.78 Å². The van der Waals surface area contributed by atoms with Gasteiger partial charge in [-0.3, -0.25) is 14.8 Å². The van der Waals surface area contributed by atoms with Crippen LogP contribution in [0.3, 0.4) is 0 Å². The quantitative estimate of drug-likeness (QED) is 0.385. The lowest BCUT2D eigenvalue weighted by Gasteiger charge is -1.97. The number of hydrogen-bond acceptors (Lipinski definition) is 3. The average Bonchev–Trinajstić information content (AvgIpc) is 2.59. The number of carbonyl (C=O) groups excluding carboxylic acids is 2. The van der Waals surface area contributed by atoms with Crippen LogP contribution in [0.15, 0.2) is 66.7 Å². The van der Waals surface area contributed by atoms with E-state index in [0.29, 0.717) is 5.56 Å². The first-order valence-corrected chi connectivity index (χ1v) is 6.69. The molecule has 0 aliphatic heterocycles. The second-order valence-corrected chi connectivity index (χ2v) is 4.54. The normalized spacial score (nSPS) is 11.0. The van der Waals surface area contributed by atoms with Gasteiger partial charge in [-0.1, -0.05) is 60.7 Å². The maximum atomic E-state index is 11.9. The highest BCUT2D eigenvalue weighted by molar-refractivity contribution is 6.06. The van der Waals surface area contributed by atoms with Crippen LogP contribution in [0.25, 0.3) is 12.2 Å². The van der Waals surface area contributed by atoms with E-state index in [0.717, 1.165) is 11.1 Å². The Labute approximate surface area is 128 Å². The van der Waals surface area contributed by atoms with Crippen molar-refractivity contribution in [3.8, 4) is 0 Å². The Kier molecular flexibility index (Phi) is 5.40. The van der Waals surface area contributed by atoms with E-state index in [-0.39, 0.29) is 5.78 Å². The Balaban J connectivity index is 2.02. The first kappa shape index (κ1) is 15.4. The third kappa shape index (κ3) is 4.54. The van der Waals surface area contributed by atoms with Gasteiger partial charge in [-0.05, 0) is 23.3 Å². The van der Waals surface area contributed by atoms with Crippen LogP contribution in [0.5, 0.6) is 0 Å². The smallest absolute Gasteiger partial charge is 0.267 e. The predicted molar refractivity (Wildman–Crippen MR) is 85.2 cm³/mol. The van der Waals surface area contributed by atoms with E-state index in [1.165, 1.54) is 17.6 Å². The third-order valence-corrected chi connectivity index (χ3v) is 2.96. The molecule has 2 aromatic carbocycles. The van der Waals surface area contributed by atoms with Crippen molar-refractivity contribution in [2.45, 2.75) is 0 Å². The summed E-state index contributed by atoms with van der Waals surface area (Å²) in [6, 6.07) is 16.4. The number of amides is 1. The zero-order valence-corrected chi connectivity index (χ0v) is 11.8.